The van der Waals surface area contributed by atoms with Crippen LogP contribution in [0.15, 0.2) is 27.8 Å². The predicted octanol–water partition coefficient (Wildman–Crippen LogP) is 1.08. The third kappa shape index (κ3) is 1.99. The highest BCUT2D eigenvalue weighted by Gasteiger charge is 2.11. The number of fused-ring (bicyclic) bond motifs is 1. The van der Waals surface area contributed by atoms with Gasteiger partial charge in [-0.05, 0) is 32.2 Å². The third-order valence-electron chi connectivity index (χ3n) is 2.70. The van der Waals surface area contributed by atoms with E-state index in [-0.39, 0.29) is 11.7 Å². The Kier molecular flexibility index (Phi) is 3.04. The highest BCUT2D eigenvalue weighted by atomic mass is 35.5. The van der Waals surface area contributed by atoms with Gasteiger partial charge in [0.1, 0.15) is 0 Å². The van der Waals surface area contributed by atoms with Crippen molar-refractivity contribution in [2.24, 2.45) is 0 Å². The lowest BCUT2D eigenvalue weighted by Crippen LogP contribution is -2.41. The molecule has 1 aromatic carbocycles. The first-order valence-corrected chi connectivity index (χ1v) is 5.53. The third-order valence-corrected chi connectivity index (χ3v) is 2.93. The zero-order chi connectivity index (χ0) is 12.6. The van der Waals surface area contributed by atoms with Crippen molar-refractivity contribution in [3.63, 3.8) is 0 Å². The zero-order valence-electron chi connectivity index (χ0n) is 9.45. The lowest BCUT2D eigenvalue weighted by molar-refractivity contribution is 0.447. The first kappa shape index (κ1) is 11.9. The van der Waals surface area contributed by atoms with E-state index in [1.807, 2.05) is 0 Å². The number of aromatic amines is 1. The summed E-state index contributed by atoms with van der Waals surface area (Å²) in [6, 6.07) is 4.79. The molecule has 1 unspecified atom stereocenters. The summed E-state index contributed by atoms with van der Waals surface area (Å²) in [6.45, 7) is 1.73. The fourth-order valence-electron chi connectivity index (χ4n) is 1.68. The van der Waals surface area contributed by atoms with E-state index in [1.54, 1.807) is 32.2 Å². The zero-order valence-corrected chi connectivity index (χ0v) is 10.2. The molecule has 90 valence electrons. The molecule has 0 saturated heterocycles. The molecule has 2 N–H and O–H groups in total. The number of rotatable bonds is 2. The average molecular weight is 254 g/mol. The van der Waals surface area contributed by atoms with Gasteiger partial charge in [0.2, 0.25) is 0 Å². The topological polar surface area (TPSA) is 66.9 Å². The van der Waals surface area contributed by atoms with E-state index in [4.69, 9.17) is 11.6 Å². The molecule has 17 heavy (non-hydrogen) atoms. The van der Waals surface area contributed by atoms with Gasteiger partial charge < -0.3 is 10.3 Å². The summed E-state index contributed by atoms with van der Waals surface area (Å²) < 4.78 is 1.14. The standard InChI is InChI=1S/C11H12ClN3O2/c1-6(13-2)15-10(16)8-4-3-7(12)5-9(8)14-11(15)17/h3-6,13H,1-2H3,(H,14,17). The smallest absolute Gasteiger partial charge is 0.307 e. The Balaban J connectivity index is 2.86. The quantitative estimate of drug-likeness (QED) is 0.842. The minimum atomic E-state index is -0.452. The lowest BCUT2D eigenvalue weighted by atomic mass is 10.2. The molecule has 5 nitrogen and oxygen atoms in total. The average Bonchev–Trinajstić information content (AvgIpc) is 2.28. The summed E-state index contributed by atoms with van der Waals surface area (Å²) in [5.41, 5.74) is -0.332. The van der Waals surface area contributed by atoms with Gasteiger partial charge in [0, 0.05) is 5.02 Å². The van der Waals surface area contributed by atoms with Crippen molar-refractivity contribution in [2.45, 2.75) is 13.1 Å². The van der Waals surface area contributed by atoms with Crippen LogP contribution in [0.2, 0.25) is 5.02 Å². The molecule has 0 aliphatic heterocycles. The molecule has 1 aromatic heterocycles. The maximum Gasteiger partial charge on any atom is 0.330 e. The van der Waals surface area contributed by atoms with Gasteiger partial charge in [-0.1, -0.05) is 11.6 Å². The van der Waals surface area contributed by atoms with E-state index >= 15 is 0 Å². The van der Waals surface area contributed by atoms with E-state index in [0.29, 0.717) is 15.9 Å². The first-order valence-electron chi connectivity index (χ1n) is 5.16. The van der Waals surface area contributed by atoms with Crippen molar-refractivity contribution in [3.05, 3.63) is 44.1 Å². The summed E-state index contributed by atoms with van der Waals surface area (Å²) >= 11 is 5.81. The highest BCUT2D eigenvalue weighted by molar-refractivity contribution is 6.31. The fraction of sp³-hybridized carbons (Fsp3) is 0.273. The summed E-state index contributed by atoms with van der Waals surface area (Å²) in [6.07, 6.45) is -0.369. The second kappa shape index (κ2) is 4.35. The molecule has 0 aliphatic carbocycles. The largest absolute Gasteiger partial charge is 0.330 e. The molecule has 1 atom stereocenters. The Hall–Kier alpha value is -1.59. The van der Waals surface area contributed by atoms with Crippen LogP contribution in [0.4, 0.5) is 0 Å². The van der Waals surface area contributed by atoms with Crippen molar-refractivity contribution >= 4 is 22.5 Å². The number of benzene rings is 1. The minimum Gasteiger partial charge on any atom is -0.307 e. The monoisotopic (exact) mass is 253 g/mol. The van der Waals surface area contributed by atoms with Gasteiger partial charge in [-0.3, -0.25) is 4.79 Å². The maximum absolute atomic E-state index is 12.1. The van der Waals surface area contributed by atoms with Crippen LogP contribution in [0.5, 0.6) is 0 Å². The number of nitrogens with zero attached hydrogens (tertiary/aromatic N) is 1. The second-order valence-electron chi connectivity index (χ2n) is 3.76. The van der Waals surface area contributed by atoms with Gasteiger partial charge in [-0.25, -0.2) is 9.36 Å². The maximum atomic E-state index is 12.1. The second-order valence-corrected chi connectivity index (χ2v) is 4.20. The summed E-state index contributed by atoms with van der Waals surface area (Å²) in [7, 11) is 1.68. The molecule has 0 amide bonds. The number of hydrogen-bond donors (Lipinski definition) is 2. The molecular formula is C11H12ClN3O2. The molecule has 2 rings (SSSR count). The van der Waals surface area contributed by atoms with E-state index in [1.165, 1.54) is 0 Å². The molecule has 1 heterocycles. The van der Waals surface area contributed by atoms with Gasteiger partial charge in [0.05, 0.1) is 17.1 Å². The molecule has 0 radical (unpaired) electrons. The highest BCUT2D eigenvalue weighted by Crippen LogP contribution is 2.13. The number of H-pyrrole nitrogens is 1. The number of hydrogen-bond acceptors (Lipinski definition) is 3. The Bertz CT molecular complexity index is 674. The van der Waals surface area contributed by atoms with Crippen LogP contribution in [0, 0.1) is 0 Å². The first-order chi connectivity index (χ1) is 8.04. The molecule has 0 fully saturated rings. The molecule has 0 bridgehead atoms. The summed E-state index contributed by atoms with van der Waals surface area (Å²) in [5, 5.41) is 3.78. The predicted molar refractivity (Wildman–Crippen MR) is 67.6 cm³/mol. The van der Waals surface area contributed by atoms with E-state index in [9.17, 15) is 9.59 Å². The lowest BCUT2D eigenvalue weighted by Gasteiger charge is -2.13. The normalized spacial score (nSPS) is 12.9. The van der Waals surface area contributed by atoms with Crippen LogP contribution in [0.3, 0.4) is 0 Å². The fourth-order valence-corrected chi connectivity index (χ4v) is 1.86. The van der Waals surface area contributed by atoms with Crippen LogP contribution in [-0.2, 0) is 0 Å². The van der Waals surface area contributed by atoms with E-state index in [2.05, 4.69) is 10.3 Å². The van der Waals surface area contributed by atoms with Crippen LogP contribution >= 0.6 is 11.6 Å². The van der Waals surface area contributed by atoms with E-state index < -0.39 is 5.69 Å². The van der Waals surface area contributed by atoms with Gasteiger partial charge in [0.25, 0.3) is 5.56 Å². The van der Waals surface area contributed by atoms with Gasteiger partial charge >= 0.3 is 5.69 Å². The number of halogens is 1. The Labute approximate surface area is 102 Å². The van der Waals surface area contributed by atoms with Gasteiger partial charge in [-0.15, -0.1) is 0 Å². The van der Waals surface area contributed by atoms with Crippen molar-refractivity contribution in [1.82, 2.24) is 14.9 Å². The van der Waals surface area contributed by atoms with Crippen molar-refractivity contribution in [3.8, 4) is 0 Å². The minimum absolute atomic E-state index is 0.331. The van der Waals surface area contributed by atoms with Crippen LogP contribution in [-0.4, -0.2) is 16.6 Å². The van der Waals surface area contributed by atoms with Crippen LogP contribution in [0.25, 0.3) is 10.9 Å². The Morgan fingerprint density at radius 3 is 2.76 bits per heavy atom. The SMILES string of the molecule is CNC(C)n1c(=O)[nH]c2cc(Cl)ccc2c1=O. The van der Waals surface area contributed by atoms with Crippen molar-refractivity contribution in [2.75, 3.05) is 7.05 Å². The number of aromatic nitrogens is 2. The Morgan fingerprint density at radius 1 is 1.41 bits per heavy atom. The molecule has 0 spiro atoms. The Morgan fingerprint density at radius 2 is 2.12 bits per heavy atom. The number of nitrogens with one attached hydrogen (secondary N) is 2. The molecule has 0 saturated carbocycles. The summed E-state index contributed by atoms with van der Waals surface area (Å²) in [4.78, 5) is 26.5. The molecule has 2 aromatic rings. The summed E-state index contributed by atoms with van der Waals surface area (Å²) in [5.74, 6) is 0. The molecule has 0 aliphatic rings. The van der Waals surface area contributed by atoms with Crippen molar-refractivity contribution < 1.29 is 0 Å². The van der Waals surface area contributed by atoms with E-state index in [0.717, 1.165) is 4.57 Å². The van der Waals surface area contributed by atoms with Gasteiger partial charge in [-0.2, -0.15) is 0 Å². The molecular weight excluding hydrogens is 242 g/mol. The van der Waals surface area contributed by atoms with Crippen molar-refractivity contribution in [1.29, 1.82) is 0 Å². The molecule has 6 heteroatoms. The van der Waals surface area contributed by atoms with Crippen LogP contribution in [0.1, 0.15) is 13.1 Å². The van der Waals surface area contributed by atoms with Gasteiger partial charge in [0.15, 0.2) is 0 Å². The van der Waals surface area contributed by atoms with Crippen LogP contribution < -0.4 is 16.6 Å².